The molecular formula is C17H21ClN2O4S2. The van der Waals surface area contributed by atoms with Crippen molar-refractivity contribution >= 4 is 38.9 Å². The zero-order valence-corrected chi connectivity index (χ0v) is 17.3. The number of halogens is 1. The maximum atomic E-state index is 12.5. The first-order valence-electron chi connectivity index (χ1n) is 7.80. The van der Waals surface area contributed by atoms with E-state index in [1.165, 1.54) is 19.2 Å². The van der Waals surface area contributed by atoms with Gasteiger partial charge in [-0.15, -0.1) is 11.3 Å². The van der Waals surface area contributed by atoms with Crippen LogP contribution < -0.4 is 10.1 Å². The Bertz CT molecular complexity index is 896. The van der Waals surface area contributed by atoms with E-state index in [2.05, 4.69) is 5.32 Å². The molecule has 0 bridgehead atoms. The number of nitrogens with one attached hydrogen (secondary N) is 1. The molecule has 142 valence electrons. The Morgan fingerprint density at radius 1 is 1.35 bits per heavy atom. The lowest BCUT2D eigenvalue weighted by atomic mass is 10.0. The summed E-state index contributed by atoms with van der Waals surface area (Å²) in [7, 11) is -0.825. The first-order chi connectivity index (χ1) is 12.1. The molecule has 6 nitrogen and oxygen atoms in total. The van der Waals surface area contributed by atoms with Crippen molar-refractivity contribution in [2.75, 3.05) is 20.7 Å². The predicted molar refractivity (Wildman–Crippen MR) is 103 cm³/mol. The van der Waals surface area contributed by atoms with Crippen molar-refractivity contribution in [1.82, 2.24) is 9.62 Å². The highest BCUT2D eigenvalue weighted by Crippen LogP contribution is 2.28. The summed E-state index contributed by atoms with van der Waals surface area (Å²) in [6, 6.07) is 8.30. The zero-order valence-electron chi connectivity index (χ0n) is 14.9. The van der Waals surface area contributed by atoms with E-state index in [1.54, 1.807) is 7.11 Å². The normalized spacial score (nSPS) is 12.8. The van der Waals surface area contributed by atoms with Crippen molar-refractivity contribution in [1.29, 1.82) is 0 Å². The molecule has 1 amide bonds. The zero-order chi connectivity index (χ0) is 19.5. The second-order valence-corrected chi connectivity index (χ2v) is 9.84. The molecule has 1 aromatic carbocycles. The number of amides is 1. The molecule has 0 aliphatic heterocycles. The van der Waals surface area contributed by atoms with Crippen molar-refractivity contribution in [3.8, 4) is 5.75 Å². The van der Waals surface area contributed by atoms with Gasteiger partial charge in [0.2, 0.25) is 5.91 Å². The summed E-state index contributed by atoms with van der Waals surface area (Å²) >= 11 is 6.75. The van der Waals surface area contributed by atoms with E-state index in [0.717, 1.165) is 26.8 Å². The standard InChI is InChI=1S/C17H21ClN2O4S2/c1-11-5-6-14(24-4)13(9-11)12(2)19-16(21)10-20(3)26(22,23)17-8-7-15(18)25-17/h5-9,12H,10H2,1-4H3,(H,19,21)/t12-/m1/s1. The molecule has 0 fully saturated rings. The third-order valence-electron chi connectivity index (χ3n) is 3.81. The number of methoxy groups -OCH3 is 1. The Hall–Kier alpha value is -1.61. The van der Waals surface area contributed by atoms with Gasteiger partial charge in [-0.25, -0.2) is 8.42 Å². The number of likely N-dealkylation sites (N-methyl/N-ethyl adjacent to an activating group) is 1. The van der Waals surface area contributed by atoms with E-state index in [0.29, 0.717) is 10.1 Å². The topological polar surface area (TPSA) is 75.7 Å². The van der Waals surface area contributed by atoms with Crippen molar-refractivity contribution in [3.63, 3.8) is 0 Å². The average molecular weight is 417 g/mol. The van der Waals surface area contributed by atoms with Gasteiger partial charge in [0, 0.05) is 12.6 Å². The number of carbonyl (C=O) groups excluding carboxylic acids is 1. The van der Waals surface area contributed by atoms with Crippen LogP contribution in [0.5, 0.6) is 5.75 Å². The third kappa shape index (κ3) is 4.76. The van der Waals surface area contributed by atoms with Gasteiger partial charge in [-0.1, -0.05) is 29.3 Å². The lowest BCUT2D eigenvalue weighted by Gasteiger charge is -2.20. The molecule has 9 heteroatoms. The van der Waals surface area contributed by atoms with Crippen LogP contribution in [-0.2, 0) is 14.8 Å². The molecule has 2 aromatic rings. The lowest BCUT2D eigenvalue weighted by Crippen LogP contribution is -2.39. The first-order valence-corrected chi connectivity index (χ1v) is 10.4. The average Bonchev–Trinajstić information content (AvgIpc) is 3.01. The van der Waals surface area contributed by atoms with Crippen LogP contribution in [-0.4, -0.2) is 39.3 Å². The van der Waals surface area contributed by atoms with Gasteiger partial charge in [0.15, 0.2) is 0 Å². The molecule has 1 atom stereocenters. The summed E-state index contributed by atoms with van der Waals surface area (Å²) < 4.78 is 31.7. The molecule has 0 spiro atoms. The summed E-state index contributed by atoms with van der Waals surface area (Å²) in [6.45, 7) is 3.48. The monoisotopic (exact) mass is 416 g/mol. The minimum atomic E-state index is -3.75. The minimum absolute atomic E-state index is 0.103. The van der Waals surface area contributed by atoms with E-state index in [9.17, 15) is 13.2 Å². The van der Waals surface area contributed by atoms with Crippen LogP contribution in [0.25, 0.3) is 0 Å². The van der Waals surface area contributed by atoms with Gasteiger partial charge >= 0.3 is 0 Å². The number of carbonyl (C=O) groups is 1. The SMILES string of the molecule is COc1ccc(C)cc1[C@@H](C)NC(=O)CN(C)S(=O)(=O)c1ccc(Cl)s1. The fourth-order valence-corrected chi connectivity index (χ4v) is 5.25. The van der Waals surface area contributed by atoms with Crippen molar-refractivity contribution in [2.45, 2.75) is 24.1 Å². The fourth-order valence-electron chi connectivity index (χ4n) is 2.43. The van der Waals surface area contributed by atoms with Crippen LogP contribution in [0.2, 0.25) is 4.34 Å². The number of hydrogen-bond donors (Lipinski definition) is 1. The predicted octanol–water partition coefficient (Wildman–Crippen LogP) is 3.22. The van der Waals surface area contributed by atoms with E-state index in [1.807, 2.05) is 32.0 Å². The van der Waals surface area contributed by atoms with Crippen LogP contribution in [0.4, 0.5) is 0 Å². The molecule has 0 saturated carbocycles. The summed E-state index contributed by atoms with van der Waals surface area (Å²) in [4.78, 5) is 12.3. The van der Waals surface area contributed by atoms with Crippen LogP contribution in [0.1, 0.15) is 24.1 Å². The number of nitrogens with zero attached hydrogens (tertiary/aromatic N) is 1. The molecule has 0 saturated heterocycles. The Morgan fingerprint density at radius 3 is 2.62 bits per heavy atom. The van der Waals surface area contributed by atoms with Crippen LogP contribution in [0.15, 0.2) is 34.5 Å². The smallest absolute Gasteiger partial charge is 0.252 e. The molecule has 0 radical (unpaired) electrons. The van der Waals surface area contributed by atoms with Crippen molar-refractivity contribution in [2.24, 2.45) is 0 Å². The molecule has 1 aromatic heterocycles. The van der Waals surface area contributed by atoms with E-state index in [-0.39, 0.29) is 16.8 Å². The van der Waals surface area contributed by atoms with Gasteiger partial charge in [0.25, 0.3) is 10.0 Å². The lowest BCUT2D eigenvalue weighted by molar-refractivity contribution is -0.121. The highest BCUT2D eigenvalue weighted by atomic mass is 35.5. The molecular weight excluding hydrogens is 396 g/mol. The molecule has 26 heavy (non-hydrogen) atoms. The molecule has 1 N–H and O–H groups in total. The van der Waals surface area contributed by atoms with Gasteiger partial charge < -0.3 is 10.1 Å². The second kappa shape index (κ2) is 8.39. The highest BCUT2D eigenvalue weighted by molar-refractivity contribution is 7.91. The fraction of sp³-hybridized carbons (Fsp3) is 0.353. The maximum absolute atomic E-state index is 12.5. The highest BCUT2D eigenvalue weighted by Gasteiger charge is 2.25. The Labute approximate surface area is 162 Å². The van der Waals surface area contributed by atoms with Crippen molar-refractivity contribution in [3.05, 3.63) is 45.8 Å². The Balaban J connectivity index is 2.07. The number of benzene rings is 1. The first kappa shape index (κ1) is 20.7. The second-order valence-electron chi connectivity index (χ2n) is 5.85. The van der Waals surface area contributed by atoms with E-state index < -0.39 is 15.9 Å². The number of sulfonamides is 1. The minimum Gasteiger partial charge on any atom is -0.496 e. The molecule has 0 unspecified atom stereocenters. The van der Waals surface area contributed by atoms with E-state index in [4.69, 9.17) is 16.3 Å². The molecule has 0 aliphatic rings. The van der Waals surface area contributed by atoms with Gasteiger partial charge in [-0.05, 0) is 32.0 Å². The van der Waals surface area contributed by atoms with Crippen molar-refractivity contribution < 1.29 is 17.9 Å². The van der Waals surface area contributed by atoms with Gasteiger partial charge in [-0.3, -0.25) is 4.79 Å². The number of ether oxygens (including phenoxy) is 1. The summed E-state index contributed by atoms with van der Waals surface area (Å²) in [6.07, 6.45) is 0. The molecule has 1 heterocycles. The molecule has 2 rings (SSSR count). The van der Waals surface area contributed by atoms with Crippen LogP contribution in [0, 0.1) is 6.92 Å². The van der Waals surface area contributed by atoms with Gasteiger partial charge in [-0.2, -0.15) is 4.31 Å². The summed E-state index contributed by atoms with van der Waals surface area (Å²) in [5.41, 5.74) is 1.87. The number of hydrogen-bond acceptors (Lipinski definition) is 5. The number of thiophene rings is 1. The Morgan fingerprint density at radius 2 is 2.04 bits per heavy atom. The van der Waals surface area contributed by atoms with Crippen LogP contribution in [0.3, 0.4) is 0 Å². The maximum Gasteiger partial charge on any atom is 0.252 e. The largest absolute Gasteiger partial charge is 0.496 e. The summed E-state index contributed by atoms with van der Waals surface area (Å²) in [5, 5.41) is 2.81. The molecule has 0 aliphatic carbocycles. The van der Waals surface area contributed by atoms with Gasteiger partial charge in [0.05, 0.1) is 24.0 Å². The third-order valence-corrected chi connectivity index (χ3v) is 7.31. The Kier molecular flexibility index (Phi) is 6.68. The van der Waals surface area contributed by atoms with Gasteiger partial charge in [0.1, 0.15) is 9.96 Å². The summed E-state index contributed by atoms with van der Waals surface area (Å²) in [5.74, 6) is 0.257. The number of aryl methyl sites for hydroxylation is 1. The quantitative estimate of drug-likeness (QED) is 0.751. The number of rotatable bonds is 7. The van der Waals surface area contributed by atoms with E-state index >= 15 is 0 Å². The van der Waals surface area contributed by atoms with Crippen LogP contribution >= 0.6 is 22.9 Å².